The van der Waals surface area contributed by atoms with Crippen LogP contribution in [0.25, 0.3) is 0 Å². The summed E-state index contributed by atoms with van der Waals surface area (Å²) in [6.45, 7) is 2.04. The second-order valence-corrected chi connectivity index (χ2v) is 5.74. The van der Waals surface area contributed by atoms with Crippen LogP contribution >= 0.6 is 11.8 Å². The maximum atomic E-state index is 12.4. The highest BCUT2D eigenvalue weighted by Crippen LogP contribution is 2.35. The molecule has 0 aromatic heterocycles. The zero-order valence-corrected chi connectivity index (χ0v) is 12.6. The Kier molecular flexibility index (Phi) is 4.39. The number of fused-ring (bicyclic) bond motifs is 1. The Hall–Kier alpha value is -1.47. The van der Waals surface area contributed by atoms with E-state index in [0.717, 1.165) is 21.8 Å². The van der Waals surface area contributed by atoms with E-state index in [0.29, 0.717) is 11.6 Å². The van der Waals surface area contributed by atoms with Gasteiger partial charge in [-0.25, -0.2) is 4.79 Å². The van der Waals surface area contributed by atoms with E-state index in [1.807, 2.05) is 6.92 Å². The highest BCUT2D eigenvalue weighted by atomic mass is 32.2. The minimum Gasteiger partial charge on any atom is -0.396 e. The second-order valence-electron chi connectivity index (χ2n) is 4.60. The molecule has 2 aliphatic heterocycles. The molecule has 1 atom stereocenters. The third kappa shape index (κ3) is 2.31. The fourth-order valence-electron chi connectivity index (χ4n) is 2.30. The molecule has 0 saturated heterocycles. The van der Waals surface area contributed by atoms with E-state index < -0.39 is 5.92 Å². The lowest BCUT2D eigenvalue weighted by molar-refractivity contribution is -0.407. The van der Waals surface area contributed by atoms with Crippen LogP contribution < -0.4 is 0 Å². The minimum absolute atomic E-state index is 0.0448. The van der Waals surface area contributed by atoms with E-state index in [1.54, 1.807) is 13.3 Å². The number of nitrogens with zero attached hydrogens (tertiary/aromatic N) is 3. The third-order valence-electron chi connectivity index (χ3n) is 3.41. The topological polar surface area (TPSA) is 73.0 Å². The Bertz CT molecular complexity index is 551. The van der Waals surface area contributed by atoms with Crippen LogP contribution in [0, 0.1) is 5.92 Å². The molecule has 0 spiro atoms. The number of hydrogen-bond acceptors (Lipinski definition) is 5. The molecule has 2 rings (SSSR count). The molecule has 0 aromatic carbocycles. The number of amidine groups is 1. The van der Waals surface area contributed by atoms with Crippen LogP contribution in [0.3, 0.4) is 0 Å². The monoisotopic (exact) mass is 296 g/mol. The zero-order chi connectivity index (χ0) is 14.9. The van der Waals surface area contributed by atoms with Crippen LogP contribution in [-0.2, 0) is 4.79 Å². The number of allylic oxidation sites excluding steroid dienone is 1. The van der Waals surface area contributed by atoms with Crippen LogP contribution in [-0.4, -0.2) is 65.0 Å². The van der Waals surface area contributed by atoms with Crippen LogP contribution in [0.5, 0.6) is 0 Å². The third-order valence-corrected chi connectivity index (χ3v) is 4.61. The summed E-state index contributed by atoms with van der Waals surface area (Å²) in [5, 5.41) is 9.02. The van der Waals surface area contributed by atoms with Crippen LogP contribution in [0.2, 0.25) is 0 Å². The maximum Gasteiger partial charge on any atom is 0.445 e. The van der Waals surface area contributed by atoms with Gasteiger partial charge in [0.15, 0.2) is 5.92 Å². The predicted octanol–water partition coefficient (Wildman–Crippen LogP) is 0.709. The highest BCUT2D eigenvalue weighted by Gasteiger charge is 2.47. The summed E-state index contributed by atoms with van der Waals surface area (Å²) < 4.78 is 1.41. The van der Waals surface area contributed by atoms with E-state index >= 15 is 0 Å². The number of carbonyl (C=O) groups is 2. The largest absolute Gasteiger partial charge is 0.445 e. The smallest absolute Gasteiger partial charge is 0.396 e. The molecule has 3 amide bonds. The first-order chi connectivity index (χ1) is 9.52. The number of aliphatic hydroxyl groups excluding tert-OH is 1. The Morgan fingerprint density at radius 1 is 1.50 bits per heavy atom. The second kappa shape index (κ2) is 5.88. The molecule has 2 aliphatic rings. The molecule has 0 radical (unpaired) electrons. The summed E-state index contributed by atoms with van der Waals surface area (Å²) in [6.07, 6.45) is 2.48. The van der Waals surface area contributed by atoms with Gasteiger partial charge in [-0.1, -0.05) is 6.92 Å². The molecule has 6 nitrogen and oxygen atoms in total. The average molecular weight is 296 g/mol. The highest BCUT2D eigenvalue weighted by molar-refractivity contribution is 8.03. The Labute approximate surface area is 121 Å². The van der Waals surface area contributed by atoms with Gasteiger partial charge in [0.25, 0.3) is 5.84 Å². The van der Waals surface area contributed by atoms with E-state index in [9.17, 15) is 9.59 Å². The van der Waals surface area contributed by atoms with Crippen molar-refractivity contribution in [2.24, 2.45) is 10.9 Å². The van der Waals surface area contributed by atoms with E-state index in [-0.39, 0.29) is 18.5 Å². The molecular weight excluding hydrogens is 278 g/mol. The van der Waals surface area contributed by atoms with E-state index in [1.165, 1.54) is 23.4 Å². The number of aliphatic imine (C=N–C) groups is 1. The number of hydrogen-bond donors (Lipinski definition) is 1. The van der Waals surface area contributed by atoms with Gasteiger partial charge in [-0.3, -0.25) is 4.79 Å². The van der Waals surface area contributed by atoms with Gasteiger partial charge in [0.1, 0.15) is 6.21 Å². The molecule has 2 heterocycles. The van der Waals surface area contributed by atoms with Crippen molar-refractivity contribution in [2.45, 2.75) is 13.3 Å². The molecule has 7 heteroatoms. The van der Waals surface area contributed by atoms with Crippen molar-refractivity contribution in [2.75, 3.05) is 26.5 Å². The molecule has 0 aromatic rings. The summed E-state index contributed by atoms with van der Waals surface area (Å²) in [5.41, 5.74) is 0.988. The summed E-state index contributed by atoms with van der Waals surface area (Å²) in [6, 6.07) is -0.371. The van der Waals surface area contributed by atoms with Gasteiger partial charge in [-0.05, 0) is 12.0 Å². The summed E-state index contributed by atoms with van der Waals surface area (Å²) in [5.74, 6) is 0.201. The molecule has 0 saturated carbocycles. The number of dihydropyridines is 1. The maximum absolute atomic E-state index is 12.4. The first-order valence-electron chi connectivity index (χ1n) is 6.45. The summed E-state index contributed by atoms with van der Waals surface area (Å²) in [4.78, 5) is 30.7. The van der Waals surface area contributed by atoms with Gasteiger partial charge in [0, 0.05) is 10.7 Å². The Morgan fingerprint density at radius 2 is 2.20 bits per heavy atom. The zero-order valence-electron chi connectivity index (χ0n) is 11.8. The molecule has 0 aliphatic carbocycles. The predicted molar refractivity (Wildman–Crippen MR) is 78.2 cm³/mol. The molecule has 0 bridgehead atoms. The summed E-state index contributed by atoms with van der Waals surface area (Å²) in [7, 11) is 3.10. The first kappa shape index (κ1) is 14.9. The van der Waals surface area contributed by atoms with Crippen LogP contribution in [0.4, 0.5) is 4.79 Å². The van der Waals surface area contributed by atoms with Crippen molar-refractivity contribution in [3.8, 4) is 0 Å². The van der Waals surface area contributed by atoms with Crippen molar-refractivity contribution in [1.29, 1.82) is 0 Å². The molecule has 1 unspecified atom stereocenters. The van der Waals surface area contributed by atoms with Crippen molar-refractivity contribution in [3.63, 3.8) is 0 Å². The number of rotatable bonds is 4. The Morgan fingerprint density at radius 3 is 2.80 bits per heavy atom. The molecule has 108 valence electrons. The number of aliphatic hydroxyl groups is 1. The van der Waals surface area contributed by atoms with Crippen molar-refractivity contribution < 1.29 is 19.3 Å². The molecular formula is C13H18N3O3S+. The summed E-state index contributed by atoms with van der Waals surface area (Å²) >= 11 is 1.46. The van der Waals surface area contributed by atoms with Gasteiger partial charge in [-0.15, -0.1) is 16.8 Å². The number of imide groups is 1. The van der Waals surface area contributed by atoms with E-state index in [2.05, 4.69) is 4.99 Å². The average Bonchev–Trinajstić information content (AvgIpc) is 2.47. The van der Waals surface area contributed by atoms with Gasteiger partial charge in [0.05, 0.1) is 20.7 Å². The molecule has 1 N–H and O–H groups in total. The molecule has 0 fully saturated rings. The lowest BCUT2D eigenvalue weighted by Gasteiger charge is -2.28. The van der Waals surface area contributed by atoms with Crippen LogP contribution in [0.15, 0.2) is 15.5 Å². The van der Waals surface area contributed by atoms with Gasteiger partial charge in [0.2, 0.25) is 0 Å². The number of urea groups is 1. The van der Waals surface area contributed by atoms with Crippen molar-refractivity contribution in [1.82, 2.24) is 4.90 Å². The van der Waals surface area contributed by atoms with Crippen molar-refractivity contribution in [3.05, 3.63) is 10.5 Å². The lowest BCUT2D eigenvalue weighted by Crippen LogP contribution is -2.52. The van der Waals surface area contributed by atoms with Crippen molar-refractivity contribution >= 4 is 35.8 Å². The standard InChI is InChI=1S/C13H18N3O3S/c1-4-8-7-14-11-9(10(8)20-6-5-17)12(18)16(3)13(19)15(11)2/h7,9,17H,4-6H2,1-3H3/q+1. The Balaban J connectivity index is 2.52. The fourth-order valence-corrected chi connectivity index (χ4v) is 3.36. The number of carbonyl (C=O) groups excluding carboxylic acids is 2. The molecule has 20 heavy (non-hydrogen) atoms. The number of amides is 3. The normalized spacial score (nSPS) is 22.8. The lowest BCUT2D eigenvalue weighted by atomic mass is 9.97. The first-order valence-corrected chi connectivity index (χ1v) is 7.44. The quantitative estimate of drug-likeness (QED) is 0.776. The van der Waals surface area contributed by atoms with Gasteiger partial charge >= 0.3 is 11.9 Å². The number of thioether (sulfide) groups is 1. The fraction of sp³-hybridized carbons (Fsp3) is 0.538. The van der Waals surface area contributed by atoms with Crippen LogP contribution in [0.1, 0.15) is 13.3 Å². The SMILES string of the molecule is CCC1=C(SCCO)C2C(=O)N(C)C(=O)[N+](C)=C2N=C1. The van der Waals surface area contributed by atoms with E-state index in [4.69, 9.17) is 5.11 Å². The van der Waals surface area contributed by atoms with Gasteiger partial charge < -0.3 is 5.11 Å². The minimum atomic E-state index is -0.529. The van der Waals surface area contributed by atoms with Gasteiger partial charge in [-0.2, -0.15) is 9.48 Å².